The van der Waals surface area contributed by atoms with E-state index in [4.69, 9.17) is 13.3 Å². The summed E-state index contributed by atoms with van der Waals surface area (Å²) in [5.74, 6) is 0. The Balaban J connectivity index is 0.783. The molecule has 0 radical (unpaired) electrons. The van der Waals surface area contributed by atoms with Gasteiger partial charge in [-0.3, -0.25) is 0 Å². The minimum Gasteiger partial charge on any atom is -0.456 e. The van der Waals surface area contributed by atoms with Crippen molar-refractivity contribution in [2.24, 2.45) is 0 Å². The van der Waals surface area contributed by atoms with Gasteiger partial charge in [-0.2, -0.15) is 0 Å². The summed E-state index contributed by atoms with van der Waals surface area (Å²) in [6.45, 7) is 0. The van der Waals surface area contributed by atoms with Gasteiger partial charge in [-0.05, 0) is 133 Å². The number of hydrogen-bond donors (Lipinski definition) is 0. The molecule has 7 nitrogen and oxygen atoms in total. The molecule has 0 saturated heterocycles. The van der Waals surface area contributed by atoms with Crippen molar-refractivity contribution in [1.29, 1.82) is 0 Å². The van der Waals surface area contributed by atoms with Crippen LogP contribution in [0.1, 0.15) is 0 Å². The van der Waals surface area contributed by atoms with E-state index in [1.165, 1.54) is 21.5 Å². The highest BCUT2D eigenvalue weighted by atomic mass is 16.3. The summed E-state index contributed by atoms with van der Waals surface area (Å²) in [5, 5.41) is 10.7. The van der Waals surface area contributed by atoms with Gasteiger partial charge >= 0.3 is 0 Å². The Hall–Kier alpha value is -10.8. The number of rotatable bonds is 8. The maximum Gasteiger partial charge on any atom is 0.137 e. The van der Waals surface area contributed by atoms with Crippen molar-refractivity contribution in [1.82, 2.24) is 9.13 Å². The van der Waals surface area contributed by atoms with E-state index in [2.05, 4.69) is 286 Å². The maximum atomic E-state index is 6.88. The molecule has 5 aromatic heterocycles. The van der Waals surface area contributed by atoms with E-state index in [0.717, 1.165) is 133 Å². The minimum absolute atomic E-state index is 0.791. The third kappa shape index (κ3) is 6.54. The molecule has 0 spiro atoms. The zero-order valence-corrected chi connectivity index (χ0v) is 42.4. The van der Waals surface area contributed by atoms with Gasteiger partial charge in [0, 0.05) is 100 Å². The van der Waals surface area contributed by atoms with Crippen LogP contribution >= 0.6 is 0 Å². The second-order valence-electron chi connectivity index (χ2n) is 20.4. The summed E-state index contributed by atoms with van der Waals surface area (Å²) in [5.41, 5.74) is 17.8. The van der Waals surface area contributed by atoms with Crippen LogP contribution in [-0.4, -0.2) is 9.13 Å². The van der Waals surface area contributed by atoms with Crippen LogP contribution in [0.15, 0.2) is 280 Å². The molecule has 0 atom stereocenters. The second kappa shape index (κ2) is 16.9. The molecule has 0 saturated carbocycles. The number of furan rings is 3. The standard InChI is InChI=1S/C72H44N4O3/c1-5-19-45(20-6-1)73(61-31-17-33-63-71(61)53-27-13-15-29-59(53)75(63)47-23-9-3-10-24-47)49-35-37-51-55-41-69-57(43-67(55)77-65(51)39-49)58-44-68-56(42-70(58)79-69)52-38-36-50(40-66(52)78-68)74(46-21-7-2-8-22-46)62-32-18-34-64-72(62)54-28-14-16-30-60(54)76(64)48-25-11-4-12-26-48/h1-44H. The number of hydrogen-bond acceptors (Lipinski definition) is 5. The zero-order valence-electron chi connectivity index (χ0n) is 42.4. The number of para-hydroxylation sites is 6. The first kappa shape index (κ1) is 43.5. The van der Waals surface area contributed by atoms with Crippen LogP contribution in [0.25, 0.3) is 121 Å². The summed E-state index contributed by atoms with van der Waals surface area (Å²) in [7, 11) is 0. The molecule has 17 aromatic rings. The van der Waals surface area contributed by atoms with Gasteiger partial charge in [-0.25, -0.2) is 0 Å². The molecule has 0 aliphatic heterocycles. The van der Waals surface area contributed by atoms with Crippen molar-refractivity contribution in [3.05, 3.63) is 267 Å². The lowest BCUT2D eigenvalue weighted by molar-refractivity contribution is 0.662. The first-order valence-corrected chi connectivity index (χ1v) is 26.7. The van der Waals surface area contributed by atoms with Crippen LogP contribution in [0.4, 0.5) is 34.1 Å². The van der Waals surface area contributed by atoms with Crippen molar-refractivity contribution < 1.29 is 13.3 Å². The molecular formula is C72H44N4O3. The third-order valence-electron chi connectivity index (χ3n) is 16.0. The summed E-state index contributed by atoms with van der Waals surface area (Å²) < 4.78 is 25.3. The molecule has 79 heavy (non-hydrogen) atoms. The molecule has 0 amide bonds. The van der Waals surface area contributed by atoms with Crippen molar-refractivity contribution in [3.63, 3.8) is 0 Å². The SMILES string of the molecule is c1ccc(N(c2ccc3c(c2)oc2cc4c(cc23)oc2cc3c(cc24)oc2cc(N(c4ccccc4)c4cccc5c4c4ccccc4n5-c4ccccc4)ccc23)c2cccc3c2c2ccccc2n3-c2ccccc2)cc1. The molecule has 0 unspecified atom stereocenters. The van der Waals surface area contributed by atoms with Gasteiger partial charge in [0.05, 0.1) is 33.4 Å². The number of fused-ring (bicyclic) bond motifs is 15. The average molecular weight is 1010 g/mol. The van der Waals surface area contributed by atoms with Crippen LogP contribution in [0.3, 0.4) is 0 Å². The van der Waals surface area contributed by atoms with E-state index in [1.807, 2.05) is 0 Å². The van der Waals surface area contributed by atoms with Gasteiger partial charge in [0.1, 0.15) is 33.5 Å². The van der Waals surface area contributed by atoms with Crippen molar-refractivity contribution in [2.45, 2.75) is 0 Å². The number of benzene rings is 12. The first-order valence-electron chi connectivity index (χ1n) is 26.7. The van der Waals surface area contributed by atoms with E-state index in [1.54, 1.807) is 0 Å². The molecule has 0 fully saturated rings. The highest BCUT2D eigenvalue weighted by Gasteiger charge is 2.25. The van der Waals surface area contributed by atoms with Crippen LogP contribution in [0.5, 0.6) is 0 Å². The van der Waals surface area contributed by atoms with Gasteiger partial charge in [-0.15, -0.1) is 0 Å². The van der Waals surface area contributed by atoms with Crippen LogP contribution in [-0.2, 0) is 0 Å². The van der Waals surface area contributed by atoms with E-state index < -0.39 is 0 Å². The summed E-state index contributed by atoms with van der Waals surface area (Å²) in [6.07, 6.45) is 0. The number of anilines is 6. The normalized spacial score (nSPS) is 12.1. The Bertz CT molecular complexity index is 4930. The highest BCUT2D eigenvalue weighted by Crippen LogP contribution is 2.48. The van der Waals surface area contributed by atoms with Gasteiger partial charge < -0.3 is 32.2 Å². The lowest BCUT2D eigenvalue weighted by Gasteiger charge is -2.26. The smallest absolute Gasteiger partial charge is 0.137 e. The molecule has 12 aromatic carbocycles. The van der Waals surface area contributed by atoms with Crippen molar-refractivity contribution in [2.75, 3.05) is 9.80 Å². The Kier molecular flexibility index (Phi) is 9.28. The lowest BCUT2D eigenvalue weighted by Crippen LogP contribution is -2.10. The Morgan fingerprint density at radius 2 is 0.557 bits per heavy atom. The summed E-state index contributed by atoms with van der Waals surface area (Å²) >= 11 is 0. The Morgan fingerprint density at radius 3 is 0.962 bits per heavy atom. The second-order valence-corrected chi connectivity index (χ2v) is 20.4. The van der Waals surface area contributed by atoms with Gasteiger partial charge in [0.25, 0.3) is 0 Å². The van der Waals surface area contributed by atoms with Crippen LogP contribution in [0.2, 0.25) is 0 Å². The topological polar surface area (TPSA) is 55.8 Å². The molecular weight excluding hydrogens is 969 g/mol. The lowest BCUT2D eigenvalue weighted by atomic mass is 10.1. The van der Waals surface area contributed by atoms with Gasteiger partial charge in [0.2, 0.25) is 0 Å². The van der Waals surface area contributed by atoms with Crippen molar-refractivity contribution >= 4 is 144 Å². The molecule has 7 heteroatoms. The molecule has 0 N–H and O–H groups in total. The predicted octanol–water partition coefficient (Wildman–Crippen LogP) is 20.5. The number of nitrogens with zero attached hydrogens (tertiary/aromatic N) is 4. The van der Waals surface area contributed by atoms with Crippen LogP contribution in [0, 0.1) is 0 Å². The van der Waals surface area contributed by atoms with E-state index in [-0.39, 0.29) is 0 Å². The fourth-order valence-electron chi connectivity index (χ4n) is 12.7. The largest absolute Gasteiger partial charge is 0.456 e. The van der Waals surface area contributed by atoms with E-state index in [0.29, 0.717) is 0 Å². The molecule has 5 heterocycles. The van der Waals surface area contributed by atoms with Crippen molar-refractivity contribution in [3.8, 4) is 11.4 Å². The predicted molar refractivity (Wildman–Crippen MR) is 326 cm³/mol. The monoisotopic (exact) mass is 1010 g/mol. The molecule has 0 bridgehead atoms. The quantitative estimate of drug-likeness (QED) is 0.152. The Labute approximate surface area is 451 Å². The van der Waals surface area contributed by atoms with Gasteiger partial charge in [-0.1, -0.05) is 121 Å². The van der Waals surface area contributed by atoms with Gasteiger partial charge in [0.15, 0.2) is 0 Å². The average Bonchev–Trinajstić information content (AvgIpc) is 4.50. The molecule has 370 valence electrons. The maximum absolute atomic E-state index is 6.88. The van der Waals surface area contributed by atoms with E-state index >= 15 is 0 Å². The minimum atomic E-state index is 0.791. The molecule has 0 aliphatic carbocycles. The molecule has 17 rings (SSSR count). The molecule has 0 aliphatic rings. The fraction of sp³-hybridized carbons (Fsp3) is 0. The Morgan fingerprint density at radius 1 is 0.228 bits per heavy atom. The number of aromatic nitrogens is 2. The summed E-state index contributed by atoms with van der Waals surface area (Å²) in [6, 6.07) is 94.7. The third-order valence-corrected chi connectivity index (χ3v) is 16.0. The fourth-order valence-corrected chi connectivity index (χ4v) is 12.7. The highest BCUT2D eigenvalue weighted by molar-refractivity contribution is 6.21. The van der Waals surface area contributed by atoms with Crippen LogP contribution < -0.4 is 9.80 Å². The first-order chi connectivity index (χ1) is 39.2. The van der Waals surface area contributed by atoms with E-state index in [9.17, 15) is 0 Å². The zero-order chi connectivity index (χ0) is 51.7. The summed E-state index contributed by atoms with van der Waals surface area (Å²) in [4.78, 5) is 4.70.